The predicted octanol–water partition coefficient (Wildman–Crippen LogP) is 3.25. The fourth-order valence-corrected chi connectivity index (χ4v) is 2.83. The Morgan fingerprint density at radius 2 is 1.82 bits per heavy atom. The molecule has 0 aliphatic rings. The fraction of sp³-hybridized carbons (Fsp3) is 0.0769. The van der Waals surface area contributed by atoms with Gasteiger partial charge >= 0.3 is 0 Å². The van der Waals surface area contributed by atoms with Crippen molar-refractivity contribution in [2.45, 2.75) is 6.92 Å². The van der Waals surface area contributed by atoms with Gasteiger partial charge in [0.2, 0.25) is 0 Å². The number of aromatic nitrogens is 2. The van der Waals surface area contributed by atoms with Gasteiger partial charge in [-0.3, -0.25) is 0 Å². The smallest absolute Gasteiger partial charge is 0.154 e. The summed E-state index contributed by atoms with van der Waals surface area (Å²) < 4.78 is 0. The molecule has 3 aromatic rings. The Morgan fingerprint density at radius 3 is 2.53 bits per heavy atom. The molecule has 2 N–H and O–H groups in total. The Morgan fingerprint density at radius 1 is 1.06 bits per heavy atom. The molecule has 1 aromatic carbocycles. The highest BCUT2D eigenvalue weighted by Crippen LogP contribution is 2.33. The Hall–Kier alpha value is -1.94. The SMILES string of the molecule is Cc1ccsc1-c1nnc(N)c2ccccc12. The van der Waals surface area contributed by atoms with E-state index in [1.54, 1.807) is 11.3 Å². The lowest BCUT2D eigenvalue weighted by molar-refractivity contribution is 1.07. The van der Waals surface area contributed by atoms with E-state index in [4.69, 9.17) is 5.73 Å². The summed E-state index contributed by atoms with van der Waals surface area (Å²) in [6.45, 7) is 2.08. The molecule has 2 aromatic heterocycles. The van der Waals surface area contributed by atoms with Crippen molar-refractivity contribution in [2.75, 3.05) is 5.73 Å². The van der Waals surface area contributed by atoms with Crippen LogP contribution in [-0.2, 0) is 0 Å². The van der Waals surface area contributed by atoms with Crippen molar-refractivity contribution in [3.63, 3.8) is 0 Å². The van der Waals surface area contributed by atoms with Crippen LogP contribution in [0.25, 0.3) is 21.3 Å². The fourth-order valence-electron chi connectivity index (χ4n) is 1.91. The summed E-state index contributed by atoms with van der Waals surface area (Å²) in [7, 11) is 0. The second-order valence-corrected chi connectivity index (χ2v) is 4.83. The monoisotopic (exact) mass is 241 g/mol. The van der Waals surface area contributed by atoms with E-state index in [9.17, 15) is 0 Å². The highest BCUT2D eigenvalue weighted by Gasteiger charge is 2.11. The van der Waals surface area contributed by atoms with Crippen molar-refractivity contribution in [2.24, 2.45) is 0 Å². The molecule has 0 spiro atoms. The Labute approximate surface area is 103 Å². The molecule has 3 nitrogen and oxygen atoms in total. The molecular weight excluding hydrogens is 230 g/mol. The third-order valence-corrected chi connectivity index (χ3v) is 3.82. The molecule has 84 valence electrons. The van der Waals surface area contributed by atoms with E-state index in [1.807, 2.05) is 24.3 Å². The molecule has 4 heteroatoms. The minimum atomic E-state index is 0.485. The van der Waals surface area contributed by atoms with E-state index in [0.717, 1.165) is 21.3 Å². The topological polar surface area (TPSA) is 51.8 Å². The summed E-state index contributed by atoms with van der Waals surface area (Å²) in [6.07, 6.45) is 0. The lowest BCUT2D eigenvalue weighted by Gasteiger charge is -2.05. The molecule has 0 fully saturated rings. The number of benzene rings is 1. The quantitative estimate of drug-likeness (QED) is 0.711. The molecule has 3 rings (SSSR count). The van der Waals surface area contributed by atoms with Crippen LogP contribution in [0, 0.1) is 6.92 Å². The van der Waals surface area contributed by atoms with E-state index in [-0.39, 0.29) is 0 Å². The molecule has 0 atom stereocenters. The van der Waals surface area contributed by atoms with Crippen LogP contribution in [0.3, 0.4) is 0 Å². The molecular formula is C13H11N3S. The standard InChI is InChI=1S/C13H11N3S/c1-8-6-7-17-12(8)11-9-4-2-3-5-10(9)13(14)16-15-11/h2-7H,1H3,(H2,14,16). The summed E-state index contributed by atoms with van der Waals surface area (Å²) in [4.78, 5) is 1.16. The minimum absolute atomic E-state index is 0.485. The third kappa shape index (κ3) is 1.57. The molecule has 0 bridgehead atoms. The lowest BCUT2D eigenvalue weighted by Crippen LogP contribution is -1.97. The molecule has 0 aliphatic carbocycles. The number of anilines is 1. The second-order valence-electron chi connectivity index (χ2n) is 3.91. The van der Waals surface area contributed by atoms with Crippen molar-refractivity contribution in [1.82, 2.24) is 10.2 Å². The van der Waals surface area contributed by atoms with Crippen molar-refractivity contribution < 1.29 is 0 Å². The van der Waals surface area contributed by atoms with Gasteiger partial charge in [0, 0.05) is 10.8 Å². The van der Waals surface area contributed by atoms with Crippen LogP contribution in [0.15, 0.2) is 35.7 Å². The average molecular weight is 241 g/mol. The van der Waals surface area contributed by atoms with Gasteiger partial charge in [-0.2, -0.15) is 0 Å². The summed E-state index contributed by atoms with van der Waals surface area (Å²) in [6, 6.07) is 10.1. The van der Waals surface area contributed by atoms with Crippen LogP contribution in [0.4, 0.5) is 5.82 Å². The summed E-state index contributed by atoms with van der Waals surface area (Å²) >= 11 is 1.68. The first kappa shape index (κ1) is 10.2. The minimum Gasteiger partial charge on any atom is -0.382 e. The first-order valence-corrected chi connectivity index (χ1v) is 6.20. The first-order valence-electron chi connectivity index (χ1n) is 5.33. The van der Waals surface area contributed by atoms with Gasteiger partial charge in [0.05, 0.1) is 4.88 Å². The summed E-state index contributed by atoms with van der Waals surface area (Å²) in [5, 5.41) is 12.4. The van der Waals surface area contributed by atoms with Crippen LogP contribution in [0.2, 0.25) is 0 Å². The predicted molar refractivity (Wildman–Crippen MR) is 72.0 cm³/mol. The number of hydrogen-bond acceptors (Lipinski definition) is 4. The van der Waals surface area contributed by atoms with Gasteiger partial charge < -0.3 is 5.73 Å². The number of aryl methyl sites for hydroxylation is 1. The van der Waals surface area contributed by atoms with Gasteiger partial charge in [0.1, 0.15) is 5.69 Å². The number of thiophene rings is 1. The number of fused-ring (bicyclic) bond motifs is 1. The van der Waals surface area contributed by atoms with Gasteiger partial charge in [-0.1, -0.05) is 24.3 Å². The molecule has 2 heterocycles. The molecule has 0 radical (unpaired) electrons. The summed E-state index contributed by atoms with van der Waals surface area (Å²) in [5.74, 6) is 0.485. The van der Waals surface area contributed by atoms with Gasteiger partial charge in [-0.05, 0) is 23.9 Å². The van der Waals surface area contributed by atoms with E-state index >= 15 is 0 Å². The average Bonchev–Trinajstić information content (AvgIpc) is 2.77. The van der Waals surface area contributed by atoms with E-state index < -0.39 is 0 Å². The Kier molecular flexibility index (Phi) is 2.30. The molecule has 0 saturated heterocycles. The maximum absolute atomic E-state index is 5.85. The zero-order valence-corrected chi connectivity index (χ0v) is 10.2. The van der Waals surface area contributed by atoms with Crippen LogP contribution in [0.1, 0.15) is 5.56 Å². The number of nitrogens with zero attached hydrogens (tertiary/aromatic N) is 2. The lowest BCUT2D eigenvalue weighted by atomic mass is 10.1. The van der Waals surface area contributed by atoms with Crippen molar-refractivity contribution in [3.05, 3.63) is 41.3 Å². The first-order chi connectivity index (χ1) is 8.27. The van der Waals surface area contributed by atoms with Crippen molar-refractivity contribution in [1.29, 1.82) is 0 Å². The van der Waals surface area contributed by atoms with Crippen LogP contribution in [-0.4, -0.2) is 10.2 Å². The maximum Gasteiger partial charge on any atom is 0.154 e. The number of rotatable bonds is 1. The highest BCUT2D eigenvalue weighted by atomic mass is 32.1. The maximum atomic E-state index is 5.85. The van der Waals surface area contributed by atoms with Gasteiger partial charge in [-0.15, -0.1) is 21.5 Å². The molecule has 0 saturated carbocycles. The molecule has 17 heavy (non-hydrogen) atoms. The number of nitrogen functional groups attached to an aromatic ring is 1. The van der Waals surface area contributed by atoms with Gasteiger partial charge in [0.15, 0.2) is 5.82 Å². The van der Waals surface area contributed by atoms with Gasteiger partial charge in [0.25, 0.3) is 0 Å². The second kappa shape index (κ2) is 3.82. The van der Waals surface area contributed by atoms with Crippen LogP contribution in [0.5, 0.6) is 0 Å². The van der Waals surface area contributed by atoms with E-state index in [0.29, 0.717) is 5.82 Å². The highest BCUT2D eigenvalue weighted by molar-refractivity contribution is 7.13. The summed E-state index contributed by atoms with van der Waals surface area (Å²) in [5.41, 5.74) is 7.99. The van der Waals surface area contributed by atoms with Gasteiger partial charge in [-0.25, -0.2) is 0 Å². The molecule has 0 amide bonds. The number of nitrogens with two attached hydrogens (primary N) is 1. The zero-order valence-electron chi connectivity index (χ0n) is 9.34. The van der Waals surface area contributed by atoms with Crippen LogP contribution >= 0.6 is 11.3 Å². The third-order valence-electron chi connectivity index (χ3n) is 2.79. The number of hydrogen-bond donors (Lipinski definition) is 1. The van der Waals surface area contributed by atoms with E-state index in [1.165, 1.54) is 5.56 Å². The van der Waals surface area contributed by atoms with Crippen LogP contribution < -0.4 is 5.73 Å². The zero-order chi connectivity index (χ0) is 11.8. The Balaban J connectivity index is 2.39. The molecule has 0 unspecified atom stereocenters. The largest absolute Gasteiger partial charge is 0.382 e. The van der Waals surface area contributed by atoms with Crippen molar-refractivity contribution >= 4 is 27.9 Å². The Bertz CT molecular complexity index is 688. The van der Waals surface area contributed by atoms with Crippen molar-refractivity contribution in [3.8, 4) is 10.6 Å². The molecule has 0 aliphatic heterocycles. The normalized spacial score (nSPS) is 10.9. The van der Waals surface area contributed by atoms with E-state index in [2.05, 4.69) is 28.6 Å².